The Balaban J connectivity index is 2.33. The van der Waals surface area contributed by atoms with Crippen molar-refractivity contribution in [3.05, 3.63) is 20.8 Å². The second-order valence-electron chi connectivity index (χ2n) is 3.45. The van der Waals surface area contributed by atoms with E-state index in [0.717, 1.165) is 16.9 Å². The lowest BCUT2D eigenvalue weighted by molar-refractivity contribution is -0.117. The summed E-state index contributed by atoms with van der Waals surface area (Å²) in [4.78, 5) is 12.9. The number of hydrogen-bond donors (Lipinski definition) is 0. The van der Waals surface area contributed by atoms with E-state index in [1.165, 1.54) is 5.56 Å². The molecule has 2 nitrogen and oxygen atoms in total. The Morgan fingerprint density at radius 2 is 2.36 bits per heavy atom. The summed E-state index contributed by atoms with van der Waals surface area (Å²) in [5.41, 5.74) is 1.30. The maximum Gasteiger partial charge on any atom is 0.131 e. The third-order valence-electron chi connectivity index (χ3n) is 1.92. The van der Waals surface area contributed by atoms with Crippen molar-refractivity contribution >= 4 is 33.0 Å². The first-order valence-electron chi connectivity index (χ1n) is 4.49. The first kappa shape index (κ1) is 11.9. The molecule has 0 aromatic carbocycles. The van der Waals surface area contributed by atoms with Crippen LogP contribution in [0.4, 0.5) is 0 Å². The zero-order chi connectivity index (χ0) is 10.6. The monoisotopic (exact) mass is 275 g/mol. The van der Waals surface area contributed by atoms with Crippen molar-refractivity contribution in [2.75, 3.05) is 13.6 Å². The van der Waals surface area contributed by atoms with Crippen molar-refractivity contribution < 1.29 is 4.79 Å². The van der Waals surface area contributed by atoms with Gasteiger partial charge in [-0.15, -0.1) is 11.3 Å². The van der Waals surface area contributed by atoms with Crippen LogP contribution in [0.2, 0.25) is 0 Å². The van der Waals surface area contributed by atoms with Gasteiger partial charge in [-0.2, -0.15) is 0 Å². The molecular formula is C10H14BrNOS. The molecule has 0 atom stereocenters. The molecule has 0 spiro atoms. The van der Waals surface area contributed by atoms with E-state index in [-0.39, 0.29) is 5.78 Å². The topological polar surface area (TPSA) is 20.3 Å². The molecule has 1 rings (SSSR count). The van der Waals surface area contributed by atoms with Crippen LogP contribution in [0.1, 0.15) is 18.9 Å². The summed E-state index contributed by atoms with van der Waals surface area (Å²) in [6, 6.07) is 2.12. The van der Waals surface area contributed by atoms with Gasteiger partial charge < -0.3 is 4.90 Å². The third kappa shape index (κ3) is 4.35. The highest BCUT2D eigenvalue weighted by molar-refractivity contribution is 9.11. The van der Waals surface area contributed by atoms with E-state index < -0.39 is 0 Å². The number of thiophene rings is 1. The van der Waals surface area contributed by atoms with E-state index >= 15 is 0 Å². The Kier molecular flexibility index (Phi) is 4.78. The van der Waals surface area contributed by atoms with Crippen molar-refractivity contribution in [1.29, 1.82) is 0 Å². The van der Waals surface area contributed by atoms with Gasteiger partial charge in [-0.1, -0.05) is 0 Å². The maximum absolute atomic E-state index is 10.8. The summed E-state index contributed by atoms with van der Waals surface area (Å²) in [5, 5.41) is 2.13. The Morgan fingerprint density at radius 3 is 2.86 bits per heavy atom. The van der Waals surface area contributed by atoms with Crippen LogP contribution in [0.25, 0.3) is 0 Å². The Morgan fingerprint density at radius 1 is 1.64 bits per heavy atom. The zero-order valence-corrected chi connectivity index (χ0v) is 10.8. The fourth-order valence-corrected chi connectivity index (χ4v) is 2.37. The second-order valence-corrected chi connectivity index (χ2v) is 5.74. The fraction of sp³-hybridized carbons (Fsp3) is 0.500. The first-order valence-corrected chi connectivity index (χ1v) is 6.16. The molecule has 14 heavy (non-hydrogen) atoms. The molecule has 4 heteroatoms. The standard InChI is InChI=1S/C10H14BrNOS/c1-8(13)3-4-12(2)6-9-5-10(11)14-7-9/h5,7H,3-4,6H2,1-2H3. The average Bonchev–Trinajstić information content (AvgIpc) is 2.48. The van der Waals surface area contributed by atoms with Crippen LogP contribution in [0.15, 0.2) is 15.2 Å². The molecule has 78 valence electrons. The van der Waals surface area contributed by atoms with E-state index in [9.17, 15) is 4.79 Å². The molecule has 0 saturated carbocycles. The third-order valence-corrected chi connectivity index (χ3v) is 3.47. The van der Waals surface area contributed by atoms with Crippen LogP contribution >= 0.6 is 27.3 Å². The van der Waals surface area contributed by atoms with Gasteiger partial charge in [0, 0.05) is 19.5 Å². The van der Waals surface area contributed by atoms with Gasteiger partial charge in [0.15, 0.2) is 0 Å². The van der Waals surface area contributed by atoms with Crippen molar-refractivity contribution in [2.24, 2.45) is 0 Å². The highest BCUT2D eigenvalue weighted by atomic mass is 79.9. The number of rotatable bonds is 5. The molecule has 0 radical (unpaired) electrons. The predicted molar refractivity (Wildman–Crippen MR) is 63.7 cm³/mol. The molecular weight excluding hydrogens is 262 g/mol. The van der Waals surface area contributed by atoms with E-state index in [0.29, 0.717) is 6.42 Å². The molecule has 0 N–H and O–H groups in total. The van der Waals surface area contributed by atoms with E-state index in [1.54, 1.807) is 18.3 Å². The highest BCUT2D eigenvalue weighted by Gasteiger charge is 2.03. The Hall–Kier alpha value is -0.190. The second kappa shape index (κ2) is 5.63. The van der Waals surface area contributed by atoms with Gasteiger partial charge in [0.2, 0.25) is 0 Å². The quantitative estimate of drug-likeness (QED) is 0.824. The summed E-state index contributed by atoms with van der Waals surface area (Å²) >= 11 is 5.12. The molecule has 0 fully saturated rings. The Bertz CT molecular complexity index is 311. The van der Waals surface area contributed by atoms with Gasteiger partial charge in [0.1, 0.15) is 5.78 Å². The maximum atomic E-state index is 10.8. The Labute approximate surface area is 97.1 Å². The lowest BCUT2D eigenvalue weighted by Crippen LogP contribution is -2.20. The minimum absolute atomic E-state index is 0.253. The van der Waals surface area contributed by atoms with Gasteiger partial charge in [-0.25, -0.2) is 0 Å². The fourth-order valence-electron chi connectivity index (χ4n) is 1.17. The number of Topliss-reactive ketones (excluding diaryl/α,β-unsaturated/α-hetero) is 1. The van der Waals surface area contributed by atoms with Gasteiger partial charge >= 0.3 is 0 Å². The molecule has 1 aromatic rings. The molecule has 0 aliphatic carbocycles. The lowest BCUT2D eigenvalue weighted by Gasteiger charge is -2.14. The molecule has 1 heterocycles. The minimum Gasteiger partial charge on any atom is -0.302 e. The normalized spacial score (nSPS) is 10.9. The highest BCUT2D eigenvalue weighted by Crippen LogP contribution is 2.21. The van der Waals surface area contributed by atoms with Crippen LogP contribution in [-0.4, -0.2) is 24.3 Å². The van der Waals surface area contributed by atoms with Crippen LogP contribution < -0.4 is 0 Å². The largest absolute Gasteiger partial charge is 0.302 e. The molecule has 0 saturated heterocycles. The number of carbonyl (C=O) groups excluding carboxylic acids is 1. The molecule has 0 aliphatic rings. The first-order chi connectivity index (χ1) is 6.58. The molecule has 1 aromatic heterocycles. The molecule has 0 amide bonds. The zero-order valence-electron chi connectivity index (χ0n) is 8.42. The number of halogens is 1. The number of hydrogen-bond acceptors (Lipinski definition) is 3. The van der Waals surface area contributed by atoms with Crippen LogP contribution in [0.3, 0.4) is 0 Å². The van der Waals surface area contributed by atoms with Gasteiger partial charge in [-0.05, 0) is 46.9 Å². The molecule has 0 aliphatic heterocycles. The number of nitrogens with zero attached hydrogens (tertiary/aromatic N) is 1. The number of ketones is 1. The summed E-state index contributed by atoms with van der Waals surface area (Å²) in [6.07, 6.45) is 0.641. The van der Waals surface area contributed by atoms with Crippen LogP contribution in [0.5, 0.6) is 0 Å². The van der Waals surface area contributed by atoms with Crippen molar-refractivity contribution in [3.8, 4) is 0 Å². The van der Waals surface area contributed by atoms with Gasteiger partial charge in [0.25, 0.3) is 0 Å². The lowest BCUT2D eigenvalue weighted by atomic mass is 10.2. The predicted octanol–water partition coefficient (Wildman–Crippen LogP) is 2.92. The minimum atomic E-state index is 0.253. The molecule has 0 bridgehead atoms. The summed E-state index contributed by atoms with van der Waals surface area (Å²) in [6.45, 7) is 3.38. The van der Waals surface area contributed by atoms with E-state index in [2.05, 4.69) is 32.3 Å². The van der Waals surface area contributed by atoms with Gasteiger partial charge in [0.05, 0.1) is 3.79 Å². The smallest absolute Gasteiger partial charge is 0.131 e. The van der Waals surface area contributed by atoms with Gasteiger partial charge in [-0.3, -0.25) is 4.79 Å². The van der Waals surface area contributed by atoms with Crippen molar-refractivity contribution in [1.82, 2.24) is 4.90 Å². The van der Waals surface area contributed by atoms with Crippen molar-refractivity contribution in [3.63, 3.8) is 0 Å². The van der Waals surface area contributed by atoms with E-state index in [4.69, 9.17) is 0 Å². The SMILES string of the molecule is CC(=O)CCN(C)Cc1csc(Br)c1. The molecule has 0 unspecified atom stereocenters. The average molecular weight is 276 g/mol. The summed E-state index contributed by atoms with van der Waals surface area (Å²) in [5.74, 6) is 0.253. The van der Waals surface area contributed by atoms with E-state index in [1.807, 2.05) is 7.05 Å². The summed E-state index contributed by atoms with van der Waals surface area (Å²) in [7, 11) is 2.04. The van der Waals surface area contributed by atoms with Crippen LogP contribution in [0, 0.1) is 0 Å². The van der Waals surface area contributed by atoms with Crippen LogP contribution in [-0.2, 0) is 11.3 Å². The van der Waals surface area contributed by atoms with Crippen molar-refractivity contribution in [2.45, 2.75) is 19.9 Å². The number of carbonyl (C=O) groups is 1. The summed E-state index contributed by atoms with van der Waals surface area (Å²) < 4.78 is 1.16.